The van der Waals surface area contributed by atoms with Gasteiger partial charge in [-0.25, -0.2) is 0 Å². The summed E-state index contributed by atoms with van der Waals surface area (Å²) < 4.78 is 5.14. The first-order valence-electron chi connectivity index (χ1n) is 14.1. The summed E-state index contributed by atoms with van der Waals surface area (Å²) in [5.41, 5.74) is 10.1. The van der Waals surface area contributed by atoms with Crippen molar-refractivity contribution in [1.82, 2.24) is 10.2 Å². The van der Waals surface area contributed by atoms with Crippen LogP contribution in [0.15, 0.2) is 47.6 Å². The van der Waals surface area contributed by atoms with Crippen molar-refractivity contribution in [2.24, 2.45) is 10.7 Å². The van der Waals surface area contributed by atoms with Crippen LogP contribution in [-0.2, 0) is 16.0 Å². The number of likely N-dealkylation sites (N-methyl/N-ethyl adjacent to an activating group) is 1. The molecule has 1 saturated heterocycles. The van der Waals surface area contributed by atoms with Crippen molar-refractivity contribution >= 4 is 23.5 Å². The lowest BCUT2D eigenvalue weighted by Gasteiger charge is -2.31. The molecule has 3 rings (SSSR count). The van der Waals surface area contributed by atoms with Crippen LogP contribution in [0.4, 0.5) is 0 Å². The summed E-state index contributed by atoms with van der Waals surface area (Å²) in [7, 11) is 3.50. The number of aliphatic hydroxyl groups is 1. The van der Waals surface area contributed by atoms with E-state index in [1.54, 1.807) is 19.4 Å². The van der Waals surface area contributed by atoms with E-state index in [4.69, 9.17) is 10.5 Å². The lowest BCUT2D eigenvalue weighted by molar-refractivity contribution is -0.119. The van der Waals surface area contributed by atoms with Gasteiger partial charge in [0, 0.05) is 68.6 Å². The molecule has 1 amide bonds. The van der Waals surface area contributed by atoms with Gasteiger partial charge in [-0.1, -0.05) is 30.3 Å². The molecule has 0 aromatic heterocycles. The highest BCUT2D eigenvalue weighted by Gasteiger charge is 2.30. The van der Waals surface area contributed by atoms with Crippen LogP contribution in [0.1, 0.15) is 71.6 Å². The van der Waals surface area contributed by atoms with E-state index >= 15 is 0 Å². The third-order valence-electron chi connectivity index (χ3n) is 7.97. The highest BCUT2D eigenvalue weighted by molar-refractivity contribution is 6.09. The molecule has 1 aliphatic heterocycles. The fraction of sp³-hybridized carbons (Fsp3) is 0.469. The first-order chi connectivity index (χ1) is 19.5. The quantitative estimate of drug-likeness (QED) is 0.342. The van der Waals surface area contributed by atoms with E-state index in [-0.39, 0.29) is 47.6 Å². The molecule has 0 aliphatic carbocycles. The molecule has 9 nitrogen and oxygen atoms in total. The zero-order chi connectivity index (χ0) is 30.1. The van der Waals surface area contributed by atoms with Gasteiger partial charge >= 0.3 is 0 Å². The topological polar surface area (TPSA) is 137 Å². The molecule has 41 heavy (non-hydrogen) atoms. The summed E-state index contributed by atoms with van der Waals surface area (Å²) in [6.45, 7) is 6.52. The number of ether oxygens (including phenoxy) is 1. The van der Waals surface area contributed by atoms with Crippen molar-refractivity contribution in [1.29, 1.82) is 0 Å². The predicted octanol–water partition coefficient (Wildman–Crippen LogP) is 3.55. The van der Waals surface area contributed by atoms with Crippen LogP contribution in [0.25, 0.3) is 5.57 Å². The van der Waals surface area contributed by atoms with Gasteiger partial charge < -0.3 is 30.9 Å². The van der Waals surface area contributed by atoms with Gasteiger partial charge in [0.2, 0.25) is 0 Å². The highest BCUT2D eigenvalue weighted by atomic mass is 16.5. The zero-order valence-electron chi connectivity index (χ0n) is 24.8. The lowest BCUT2D eigenvalue weighted by Crippen LogP contribution is -2.40. The number of nitrogens with one attached hydrogen (secondary N) is 1. The number of phenolic OH excluding ortho intramolecular Hbond substituents is 1. The van der Waals surface area contributed by atoms with Crippen LogP contribution in [0.3, 0.4) is 0 Å². The van der Waals surface area contributed by atoms with Crippen LogP contribution < -0.4 is 11.1 Å². The number of nitrogens with zero attached hydrogens (tertiary/aromatic N) is 2. The van der Waals surface area contributed by atoms with Crippen LogP contribution in [0.5, 0.6) is 5.75 Å². The number of methoxy groups -OCH3 is 1. The van der Waals surface area contributed by atoms with Crippen molar-refractivity contribution in [2.75, 3.05) is 27.2 Å². The van der Waals surface area contributed by atoms with Gasteiger partial charge in [0.15, 0.2) is 0 Å². The van der Waals surface area contributed by atoms with Gasteiger partial charge in [-0.15, -0.1) is 0 Å². The molecule has 222 valence electrons. The average Bonchev–Trinajstić information content (AvgIpc) is 2.99. The van der Waals surface area contributed by atoms with Crippen LogP contribution >= 0.6 is 0 Å². The molecule has 2 unspecified atom stereocenters. The van der Waals surface area contributed by atoms with Gasteiger partial charge in [-0.3, -0.25) is 14.6 Å². The SMILES string of the molecule is COC(C)/N=C\C(=C/N)c1ccc(CCNC(=O)c2ccc(C)c(C3CC(=O)CC[C@@H](O)[C@@H](C)N(C)C3)c2O)cc1. The summed E-state index contributed by atoms with van der Waals surface area (Å²) in [5.74, 6) is -0.705. The molecule has 2 aromatic carbocycles. The molecule has 9 heteroatoms. The van der Waals surface area contributed by atoms with E-state index < -0.39 is 6.10 Å². The summed E-state index contributed by atoms with van der Waals surface area (Å²) in [6.07, 6.45) is 3.88. The molecular formula is C32H44N4O5. The minimum absolute atomic E-state index is 0.0436. The number of hydrogen-bond donors (Lipinski definition) is 4. The van der Waals surface area contributed by atoms with E-state index in [2.05, 4.69) is 10.3 Å². The Hall–Kier alpha value is -3.53. The third-order valence-corrected chi connectivity index (χ3v) is 7.97. The molecule has 0 radical (unpaired) electrons. The van der Waals surface area contributed by atoms with Gasteiger partial charge in [0.1, 0.15) is 17.8 Å². The highest BCUT2D eigenvalue weighted by Crippen LogP contribution is 2.36. The molecule has 1 fully saturated rings. The third kappa shape index (κ3) is 8.48. The average molecular weight is 565 g/mol. The summed E-state index contributed by atoms with van der Waals surface area (Å²) >= 11 is 0. The van der Waals surface area contributed by atoms with E-state index in [1.807, 2.05) is 63.1 Å². The number of phenols is 1. The predicted molar refractivity (Wildman–Crippen MR) is 162 cm³/mol. The molecule has 0 bridgehead atoms. The molecule has 1 aliphatic rings. The van der Waals surface area contributed by atoms with Gasteiger partial charge in [-0.05, 0) is 63.4 Å². The number of nitrogens with two attached hydrogens (primary N) is 1. The van der Waals surface area contributed by atoms with E-state index in [9.17, 15) is 19.8 Å². The van der Waals surface area contributed by atoms with Crippen molar-refractivity contribution in [3.63, 3.8) is 0 Å². The largest absolute Gasteiger partial charge is 0.507 e. The molecule has 4 atom stereocenters. The van der Waals surface area contributed by atoms with E-state index in [1.165, 1.54) is 6.20 Å². The molecule has 0 saturated carbocycles. The Morgan fingerprint density at radius 3 is 2.63 bits per heavy atom. The van der Waals surface area contributed by atoms with Crippen LogP contribution in [0.2, 0.25) is 0 Å². The second-order valence-corrected chi connectivity index (χ2v) is 10.9. The van der Waals surface area contributed by atoms with Gasteiger partial charge in [-0.2, -0.15) is 0 Å². The molecule has 2 aromatic rings. The first-order valence-corrected chi connectivity index (χ1v) is 14.1. The number of amides is 1. The zero-order valence-corrected chi connectivity index (χ0v) is 24.8. The Morgan fingerprint density at radius 2 is 1.98 bits per heavy atom. The van der Waals surface area contributed by atoms with Crippen LogP contribution in [-0.4, -0.2) is 78.6 Å². The number of rotatable bonds is 9. The number of aliphatic hydroxyl groups excluding tert-OH is 1. The Kier molecular flexibility index (Phi) is 11.6. The van der Waals surface area contributed by atoms with Crippen molar-refractivity contribution in [3.05, 3.63) is 70.4 Å². The smallest absolute Gasteiger partial charge is 0.255 e. The number of hydrogen-bond acceptors (Lipinski definition) is 8. The fourth-order valence-electron chi connectivity index (χ4n) is 5.14. The van der Waals surface area contributed by atoms with Gasteiger partial charge in [0.05, 0.1) is 11.7 Å². The summed E-state index contributed by atoms with van der Waals surface area (Å²) in [6, 6.07) is 11.2. The number of aromatic hydroxyl groups is 1. The molecule has 5 N–H and O–H groups in total. The Labute approximate surface area is 243 Å². The Balaban J connectivity index is 1.69. The first kappa shape index (κ1) is 32.0. The summed E-state index contributed by atoms with van der Waals surface area (Å²) in [4.78, 5) is 32.1. The maximum absolute atomic E-state index is 13.1. The number of carbonyl (C=O) groups excluding carboxylic acids is 2. The monoisotopic (exact) mass is 564 g/mol. The normalized spacial score (nSPS) is 21.8. The molecule has 0 spiro atoms. The number of aliphatic imine (C=N–C) groups is 1. The van der Waals surface area contributed by atoms with E-state index in [0.717, 1.165) is 22.3 Å². The molecular weight excluding hydrogens is 520 g/mol. The lowest BCUT2D eigenvalue weighted by atomic mass is 9.87. The van der Waals surface area contributed by atoms with E-state index in [0.29, 0.717) is 37.9 Å². The molecule has 1 heterocycles. The van der Waals surface area contributed by atoms with Crippen molar-refractivity contribution < 1.29 is 24.5 Å². The number of carbonyl (C=O) groups is 2. The number of allylic oxidation sites excluding steroid dienone is 1. The number of ketones is 1. The summed E-state index contributed by atoms with van der Waals surface area (Å²) in [5, 5.41) is 24.6. The fourth-order valence-corrected chi connectivity index (χ4v) is 5.14. The van der Waals surface area contributed by atoms with Gasteiger partial charge in [0.25, 0.3) is 5.91 Å². The minimum Gasteiger partial charge on any atom is -0.507 e. The Bertz CT molecular complexity index is 1260. The Morgan fingerprint density at radius 1 is 1.27 bits per heavy atom. The minimum atomic E-state index is -0.594. The number of Topliss-reactive ketones (excluding diaryl/α,β-unsaturated/α-hetero) is 1. The van der Waals surface area contributed by atoms with Crippen molar-refractivity contribution in [2.45, 2.75) is 70.7 Å². The number of aryl methyl sites for hydroxylation is 1. The maximum atomic E-state index is 13.1. The maximum Gasteiger partial charge on any atom is 0.255 e. The van der Waals surface area contributed by atoms with Crippen molar-refractivity contribution in [3.8, 4) is 5.75 Å². The second-order valence-electron chi connectivity index (χ2n) is 10.9. The van der Waals surface area contributed by atoms with Crippen LogP contribution in [0, 0.1) is 6.92 Å². The standard InChI is InChI=1S/C32H44N4O5/c1-20-6-12-28(31(39)30(20)25-16-27(37)11-13-29(38)21(2)36(4)19-25)32(40)34-15-14-23-7-9-24(10-8-23)26(17-33)18-35-22(3)41-5/h6-10,12,17-18,21-22,25,29,38-39H,11,13-16,19,33H2,1-5H3,(H,34,40)/b26-17+,35-18-/t21-,22?,25?,29-/m1/s1. The number of benzene rings is 2. The second kappa shape index (κ2) is 14.9.